The number of carbonyl (C=O) groups is 1. The molecule has 1 amide bonds. The SMILES string of the molecule is Cc1cccc2nnc(N3CCCN(C(=O)c4cccc(F)c4)CC3)n12. The summed E-state index contributed by atoms with van der Waals surface area (Å²) in [6, 6.07) is 11.8. The van der Waals surface area contributed by atoms with Crippen LogP contribution in [-0.2, 0) is 0 Å². The minimum Gasteiger partial charge on any atom is -0.339 e. The van der Waals surface area contributed by atoms with E-state index in [0.717, 1.165) is 30.3 Å². The van der Waals surface area contributed by atoms with Gasteiger partial charge >= 0.3 is 0 Å². The number of aryl methyl sites for hydroxylation is 1. The van der Waals surface area contributed by atoms with Gasteiger partial charge in [0.25, 0.3) is 5.91 Å². The van der Waals surface area contributed by atoms with Gasteiger partial charge < -0.3 is 9.80 Å². The minimum atomic E-state index is -0.391. The first-order valence-electron chi connectivity index (χ1n) is 8.74. The molecule has 26 heavy (non-hydrogen) atoms. The van der Waals surface area contributed by atoms with E-state index in [9.17, 15) is 9.18 Å². The molecule has 6 nitrogen and oxygen atoms in total. The molecule has 1 fully saturated rings. The molecule has 4 rings (SSSR count). The predicted octanol–water partition coefficient (Wildman–Crippen LogP) is 2.53. The average Bonchev–Trinajstić information content (AvgIpc) is 2.93. The van der Waals surface area contributed by atoms with E-state index < -0.39 is 5.82 Å². The van der Waals surface area contributed by atoms with Crippen molar-refractivity contribution in [1.82, 2.24) is 19.5 Å². The van der Waals surface area contributed by atoms with Crippen LogP contribution in [0.15, 0.2) is 42.5 Å². The summed E-state index contributed by atoms with van der Waals surface area (Å²) in [5.74, 6) is 0.282. The molecule has 1 aromatic carbocycles. The van der Waals surface area contributed by atoms with E-state index >= 15 is 0 Å². The molecule has 3 aromatic rings. The van der Waals surface area contributed by atoms with Crippen LogP contribution in [0.1, 0.15) is 22.5 Å². The molecule has 2 aromatic heterocycles. The largest absolute Gasteiger partial charge is 0.339 e. The van der Waals surface area contributed by atoms with Crippen LogP contribution in [0.5, 0.6) is 0 Å². The van der Waals surface area contributed by atoms with Crippen molar-refractivity contribution in [2.45, 2.75) is 13.3 Å². The van der Waals surface area contributed by atoms with Gasteiger partial charge in [0, 0.05) is 37.4 Å². The van der Waals surface area contributed by atoms with Crippen LogP contribution >= 0.6 is 0 Å². The number of anilines is 1. The van der Waals surface area contributed by atoms with Crippen molar-refractivity contribution in [2.75, 3.05) is 31.1 Å². The Morgan fingerprint density at radius 2 is 1.88 bits per heavy atom. The number of aromatic nitrogens is 3. The van der Waals surface area contributed by atoms with Crippen LogP contribution in [0, 0.1) is 12.7 Å². The molecule has 0 saturated carbocycles. The van der Waals surface area contributed by atoms with Gasteiger partial charge in [-0.3, -0.25) is 9.20 Å². The molecule has 0 radical (unpaired) electrons. The number of fused-ring (bicyclic) bond motifs is 1. The molecule has 1 aliphatic rings. The third-order valence-electron chi connectivity index (χ3n) is 4.74. The maximum Gasteiger partial charge on any atom is 0.254 e. The number of benzene rings is 1. The van der Waals surface area contributed by atoms with E-state index in [0.29, 0.717) is 25.2 Å². The van der Waals surface area contributed by atoms with Gasteiger partial charge in [-0.2, -0.15) is 0 Å². The van der Waals surface area contributed by atoms with Crippen molar-refractivity contribution in [3.05, 3.63) is 59.5 Å². The van der Waals surface area contributed by atoms with E-state index in [1.54, 1.807) is 17.0 Å². The minimum absolute atomic E-state index is 0.131. The molecular formula is C19H20FN5O. The second-order valence-electron chi connectivity index (χ2n) is 6.50. The maximum atomic E-state index is 13.4. The highest BCUT2D eigenvalue weighted by Crippen LogP contribution is 2.19. The summed E-state index contributed by atoms with van der Waals surface area (Å²) in [5.41, 5.74) is 2.28. The average molecular weight is 353 g/mol. The third kappa shape index (κ3) is 3.00. The number of nitrogens with zero attached hydrogens (tertiary/aromatic N) is 5. The number of rotatable bonds is 2. The Hall–Kier alpha value is -2.96. The Kier molecular flexibility index (Phi) is 4.28. The molecule has 3 heterocycles. The fourth-order valence-electron chi connectivity index (χ4n) is 3.41. The summed E-state index contributed by atoms with van der Waals surface area (Å²) in [7, 11) is 0. The monoisotopic (exact) mass is 353 g/mol. The molecule has 0 spiro atoms. The van der Waals surface area contributed by atoms with Gasteiger partial charge in [-0.15, -0.1) is 10.2 Å². The molecule has 1 saturated heterocycles. The van der Waals surface area contributed by atoms with Crippen molar-refractivity contribution < 1.29 is 9.18 Å². The van der Waals surface area contributed by atoms with E-state index in [-0.39, 0.29) is 5.91 Å². The van der Waals surface area contributed by atoms with Gasteiger partial charge in [0.1, 0.15) is 5.82 Å². The van der Waals surface area contributed by atoms with Crippen molar-refractivity contribution in [3.63, 3.8) is 0 Å². The van der Waals surface area contributed by atoms with Crippen molar-refractivity contribution in [2.24, 2.45) is 0 Å². The smallest absolute Gasteiger partial charge is 0.254 e. The van der Waals surface area contributed by atoms with Crippen LogP contribution < -0.4 is 4.90 Å². The Bertz CT molecular complexity index is 954. The van der Waals surface area contributed by atoms with Crippen LogP contribution in [0.2, 0.25) is 0 Å². The van der Waals surface area contributed by atoms with E-state index in [4.69, 9.17) is 0 Å². The normalized spacial score (nSPS) is 15.3. The Labute approximate surface area is 150 Å². The highest BCUT2D eigenvalue weighted by atomic mass is 19.1. The molecule has 7 heteroatoms. The second kappa shape index (κ2) is 6.74. The van der Waals surface area contributed by atoms with Gasteiger partial charge in [-0.1, -0.05) is 12.1 Å². The molecule has 1 aliphatic heterocycles. The van der Waals surface area contributed by atoms with Crippen LogP contribution in [0.4, 0.5) is 10.3 Å². The van der Waals surface area contributed by atoms with Crippen molar-refractivity contribution >= 4 is 17.5 Å². The first kappa shape index (κ1) is 16.5. The molecule has 0 atom stereocenters. The number of pyridine rings is 1. The van der Waals surface area contributed by atoms with E-state index in [1.807, 2.05) is 29.5 Å². The lowest BCUT2D eigenvalue weighted by Crippen LogP contribution is -2.35. The fourth-order valence-corrected chi connectivity index (χ4v) is 3.41. The van der Waals surface area contributed by atoms with Gasteiger partial charge in [0.05, 0.1) is 0 Å². The third-order valence-corrected chi connectivity index (χ3v) is 4.74. The lowest BCUT2D eigenvalue weighted by molar-refractivity contribution is 0.0766. The van der Waals surface area contributed by atoms with Gasteiger partial charge in [0.15, 0.2) is 5.65 Å². The van der Waals surface area contributed by atoms with E-state index in [2.05, 4.69) is 15.1 Å². The number of hydrogen-bond acceptors (Lipinski definition) is 4. The lowest BCUT2D eigenvalue weighted by Gasteiger charge is -2.22. The number of amides is 1. The van der Waals surface area contributed by atoms with E-state index in [1.165, 1.54) is 12.1 Å². The van der Waals surface area contributed by atoms with Gasteiger partial charge in [-0.25, -0.2) is 4.39 Å². The summed E-state index contributed by atoms with van der Waals surface area (Å²) in [6.45, 7) is 4.69. The zero-order valence-electron chi connectivity index (χ0n) is 14.6. The first-order valence-corrected chi connectivity index (χ1v) is 8.74. The highest BCUT2D eigenvalue weighted by Gasteiger charge is 2.23. The summed E-state index contributed by atoms with van der Waals surface area (Å²) < 4.78 is 15.4. The quantitative estimate of drug-likeness (QED) is 0.710. The molecule has 0 aliphatic carbocycles. The van der Waals surface area contributed by atoms with Gasteiger partial charge in [0.2, 0.25) is 5.95 Å². The maximum absolute atomic E-state index is 13.4. The highest BCUT2D eigenvalue weighted by molar-refractivity contribution is 5.94. The van der Waals surface area contributed by atoms with Crippen LogP contribution in [-0.4, -0.2) is 51.6 Å². The van der Waals surface area contributed by atoms with Crippen molar-refractivity contribution in [1.29, 1.82) is 0 Å². The predicted molar refractivity (Wildman–Crippen MR) is 96.9 cm³/mol. The zero-order chi connectivity index (χ0) is 18.1. The van der Waals surface area contributed by atoms with Crippen molar-refractivity contribution in [3.8, 4) is 0 Å². The molecule has 0 N–H and O–H groups in total. The molecular weight excluding hydrogens is 333 g/mol. The summed E-state index contributed by atoms with van der Waals surface area (Å²) in [4.78, 5) is 16.6. The molecule has 0 bridgehead atoms. The first-order chi connectivity index (χ1) is 12.6. The lowest BCUT2D eigenvalue weighted by atomic mass is 10.2. The van der Waals surface area contributed by atoms with Crippen LogP contribution in [0.25, 0.3) is 5.65 Å². The number of hydrogen-bond donors (Lipinski definition) is 0. The Morgan fingerprint density at radius 1 is 1.04 bits per heavy atom. The van der Waals surface area contributed by atoms with Crippen LogP contribution in [0.3, 0.4) is 0 Å². The molecule has 0 unspecified atom stereocenters. The Morgan fingerprint density at radius 3 is 2.73 bits per heavy atom. The topological polar surface area (TPSA) is 53.7 Å². The Balaban J connectivity index is 1.54. The van der Waals surface area contributed by atoms with Gasteiger partial charge in [-0.05, 0) is 43.7 Å². The summed E-state index contributed by atoms with van der Waals surface area (Å²) in [5, 5.41) is 8.59. The molecule has 134 valence electrons. The second-order valence-corrected chi connectivity index (χ2v) is 6.50. The summed E-state index contributed by atoms with van der Waals surface area (Å²) in [6.07, 6.45) is 0.821. The number of carbonyl (C=O) groups excluding carboxylic acids is 1. The fraction of sp³-hybridized carbons (Fsp3) is 0.316. The zero-order valence-corrected chi connectivity index (χ0v) is 14.6. The standard InChI is InChI=1S/C19H20FN5O/c1-14-5-2-8-17-21-22-19(25(14)17)24-10-4-9-23(11-12-24)18(26)15-6-3-7-16(20)13-15/h2-3,5-8,13H,4,9-12H2,1H3. The number of halogens is 1. The summed E-state index contributed by atoms with van der Waals surface area (Å²) >= 11 is 0.